The predicted octanol–water partition coefficient (Wildman–Crippen LogP) is 6.93. The molecule has 0 radical (unpaired) electrons. The summed E-state index contributed by atoms with van der Waals surface area (Å²) in [6, 6.07) is 0.473. The highest BCUT2D eigenvalue weighted by Crippen LogP contribution is 2.67. The zero-order valence-corrected chi connectivity index (χ0v) is 20.2. The van der Waals surface area contributed by atoms with E-state index in [0.717, 1.165) is 36.0 Å². The van der Waals surface area contributed by atoms with Crippen molar-refractivity contribution >= 4 is 5.91 Å². The van der Waals surface area contributed by atoms with E-state index in [-0.39, 0.29) is 0 Å². The highest BCUT2D eigenvalue weighted by molar-refractivity contribution is 5.78. The second kappa shape index (κ2) is 7.86. The number of carbonyl (C=O) groups excluding carboxylic acids is 1. The summed E-state index contributed by atoms with van der Waals surface area (Å²) in [7, 11) is 2.12. The minimum atomic E-state index is 0.335. The SMILES string of the molecule is CC(C)CCCCC1CC(=O)N(C)C2CC(C)[C@@H]3[C@@H](CC[C@]4(C)CCC[C@@H]34)[C@@]12C. The van der Waals surface area contributed by atoms with E-state index < -0.39 is 0 Å². The maximum absolute atomic E-state index is 13.0. The lowest BCUT2D eigenvalue weighted by atomic mass is 9.43. The van der Waals surface area contributed by atoms with E-state index in [1.807, 2.05) is 0 Å². The van der Waals surface area contributed by atoms with Gasteiger partial charge in [0.25, 0.3) is 0 Å². The first-order valence-corrected chi connectivity index (χ1v) is 12.9. The van der Waals surface area contributed by atoms with Crippen LogP contribution < -0.4 is 0 Å². The topological polar surface area (TPSA) is 20.3 Å². The summed E-state index contributed by atoms with van der Waals surface area (Å²) >= 11 is 0. The number of unbranched alkanes of at least 4 members (excludes halogenated alkanes) is 1. The molecule has 3 aliphatic carbocycles. The summed E-state index contributed by atoms with van der Waals surface area (Å²) in [5.41, 5.74) is 0.948. The number of hydrogen-bond acceptors (Lipinski definition) is 1. The number of carbonyl (C=O) groups is 1. The molecule has 4 rings (SSSR count). The van der Waals surface area contributed by atoms with Crippen molar-refractivity contribution in [1.29, 1.82) is 0 Å². The monoisotopic (exact) mass is 401 g/mol. The summed E-state index contributed by atoms with van der Waals surface area (Å²) in [6.45, 7) is 12.5. The van der Waals surface area contributed by atoms with E-state index in [2.05, 4.69) is 46.6 Å². The summed E-state index contributed by atoms with van der Waals surface area (Å²) in [5.74, 6) is 5.28. The Kier molecular flexibility index (Phi) is 5.88. The molecule has 2 nitrogen and oxygen atoms in total. The molecule has 4 fully saturated rings. The van der Waals surface area contributed by atoms with Crippen LogP contribution in [-0.4, -0.2) is 23.9 Å². The molecule has 3 unspecified atom stereocenters. The highest BCUT2D eigenvalue weighted by Gasteiger charge is 2.63. The molecule has 0 aromatic heterocycles. The standard InChI is InChI=1S/C27H47NO/c1-18(2)10-7-8-11-20-17-24(29)28(6)23-16-19(3)25-21-12-9-14-26(21,4)15-13-22(25)27(20,23)5/h18-23,25H,7-17H2,1-6H3/t19?,20?,21-,22+,23?,25-,26-,27+/m0/s1. The van der Waals surface area contributed by atoms with Crippen LogP contribution in [0.4, 0.5) is 0 Å². The fraction of sp³-hybridized carbons (Fsp3) is 0.963. The average molecular weight is 402 g/mol. The van der Waals surface area contributed by atoms with Crippen molar-refractivity contribution in [3.05, 3.63) is 0 Å². The molecule has 0 aromatic carbocycles. The fourth-order valence-electron chi connectivity index (χ4n) is 8.97. The van der Waals surface area contributed by atoms with Gasteiger partial charge in [-0.1, -0.05) is 60.3 Å². The number of piperidine rings is 1. The molecule has 166 valence electrons. The Labute approximate surface area is 180 Å². The van der Waals surface area contributed by atoms with E-state index in [4.69, 9.17) is 0 Å². The van der Waals surface area contributed by atoms with Crippen LogP contribution in [0.2, 0.25) is 0 Å². The third kappa shape index (κ3) is 3.49. The molecule has 2 heteroatoms. The predicted molar refractivity (Wildman–Crippen MR) is 122 cm³/mol. The summed E-state index contributed by atoms with van der Waals surface area (Å²) in [5, 5.41) is 0. The van der Waals surface area contributed by atoms with Crippen molar-refractivity contribution in [3.8, 4) is 0 Å². The second-order valence-electron chi connectivity index (χ2n) is 12.6. The molecular weight excluding hydrogens is 354 g/mol. The van der Waals surface area contributed by atoms with Gasteiger partial charge in [-0.2, -0.15) is 0 Å². The van der Waals surface area contributed by atoms with E-state index in [1.165, 1.54) is 64.2 Å². The largest absolute Gasteiger partial charge is 0.342 e. The van der Waals surface area contributed by atoms with Crippen LogP contribution in [0.25, 0.3) is 0 Å². The minimum Gasteiger partial charge on any atom is -0.342 e. The Morgan fingerprint density at radius 1 is 1.10 bits per heavy atom. The van der Waals surface area contributed by atoms with E-state index in [0.29, 0.717) is 28.7 Å². The van der Waals surface area contributed by atoms with Gasteiger partial charge in [0, 0.05) is 19.5 Å². The molecule has 29 heavy (non-hydrogen) atoms. The van der Waals surface area contributed by atoms with Crippen molar-refractivity contribution in [3.63, 3.8) is 0 Å². The molecule has 3 saturated carbocycles. The Morgan fingerprint density at radius 3 is 2.59 bits per heavy atom. The zero-order chi connectivity index (χ0) is 21.0. The number of nitrogens with zero attached hydrogens (tertiary/aromatic N) is 1. The van der Waals surface area contributed by atoms with Gasteiger partial charge in [0.15, 0.2) is 0 Å². The van der Waals surface area contributed by atoms with Crippen LogP contribution in [0.5, 0.6) is 0 Å². The first-order chi connectivity index (χ1) is 13.7. The van der Waals surface area contributed by atoms with Gasteiger partial charge in [-0.25, -0.2) is 0 Å². The van der Waals surface area contributed by atoms with Gasteiger partial charge >= 0.3 is 0 Å². The van der Waals surface area contributed by atoms with E-state index in [1.54, 1.807) is 0 Å². The molecule has 1 heterocycles. The normalized spacial score (nSPS) is 47.1. The van der Waals surface area contributed by atoms with E-state index >= 15 is 0 Å². The first kappa shape index (κ1) is 21.7. The maximum Gasteiger partial charge on any atom is 0.222 e. The smallest absolute Gasteiger partial charge is 0.222 e. The summed E-state index contributed by atoms with van der Waals surface area (Å²) < 4.78 is 0. The zero-order valence-electron chi connectivity index (χ0n) is 20.2. The third-order valence-electron chi connectivity index (χ3n) is 10.6. The Bertz CT molecular complexity index is 614. The minimum absolute atomic E-state index is 0.335. The third-order valence-corrected chi connectivity index (χ3v) is 10.6. The Hall–Kier alpha value is -0.530. The Balaban J connectivity index is 1.61. The Morgan fingerprint density at radius 2 is 1.86 bits per heavy atom. The summed E-state index contributed by atoms with van der Waals surface area (Å²) in [4.78, 5) is 15.2. The molecule has 4 aliphatic rings. The van der Waals surface area contributed by atoms with Crippen molar-refractivity contribution in [2.75, 3.05) is 7.05 Å². The molecule has 0 aromatic rings. The molecule has 1 amide bonds. The van der Waals surface area contributed by atoms with Crippen molar-refractivity contribution < 1.29 is 4.79 Å². The van der Waals surface area contributed by atoms with Gasteiger partial charge in [-0.05, 0) is 84.9 Å². The van der Waals surface area contributed by atoms with Gasteiger partial charge < -0.3 is 4.90 Å². The van der Waals surface area contributed by atoms with Gasteiger partial charge in [-0.3, -0.25) is 4.79 Å². The molecule has 0 spiro atoms. The van der Waals surface area contributed by atoms with Crippen molar-refractivity contribution in [1.82, 2.24) is 4.90 Å². The fourth-order valence-corrected chi connectivity index (χ4v) is 8.97. The number of likely N-dealkylation sites (tertiary alicyclic amines) is 1. The molecule has 0 bridgehead atoms. The van der Waals surface area contributed by atoms with E-state index in [9.17, 15) is 4.79 Å². The first-order valence-electron chi connectivity index (χ1n) is 12.9. The molecule has 0 N–H and O–H groups in total. The molecule has 1 saturated heterocycles. The number of hydrogen-bond donors (Lipinski definition) is 0. The van der Waals surface area contributed by atoms with Crippen LogP contribution in [0.3, 0.4) is 0 Å². The number of fused-ring (bicyclic) bond motifs is 5. The lowest BCUT2D eigenvalue weighted by Crippen LogP contribution is -2.66. The highest BCUT2D eigenvalue weighted by atomic mass is 16.2. The van der Waals surface area contributed by atoms with Crippen LogP contribution in [0, 0.1) is 46.3 Å². The van der Waals surface area contributed by atoms with Crippen molar-refractivity contribution in [2.45, 2.75) is 111 Å². The van der Waals surface area contributed by atoms with Crippen LogP contribution >= 0.6 is 0 Å². The number of amides is 1. The summed E-state index contributed by atoms with van der Waals surface area (Å²) in [6.07, 6.45) is 14.6. The maximum atomic E-state index is 13.0. The lowest BCUT2D eigenvalue weighted by Gasteiger charge is -2.65. The molecule has 8 atom stereocenters. The van der Waals surface area contributed by atoms with Crippen LogP contribution in [0.1, 0.15) is 105 Å². The van der Waals surface area contributed by atoms with Crippen molar-refractivity contribution in [2.24, 2.45) is 46.3 Å². The molecular formula is C27H47NO. The van der Waals surface area contributed by atoms with Crippen LogP contribution in [0.15, 0.2) is 0 Å². The molecule has 1 aliphatic heterocycles. The van der Waals surface area contributed by atoms with Gasteiger partial charge in [0.1, 0.15) is 0 Å². The lowest BCUT2D eigenvalue weighted by molar-refractivity contribution is -0.181. The van der Waals surface area contributed by atoms with Crippen LogP contribution in [-0.2, 0) is 4.79 Å². The van der Waals surface area contributed by atoms with Gasteiger partial charge in [-0.15, -0.1) is 0 Å². The second-order valence-corrected chi connectivity index (χ2v) is 12.6. The van der Waals surface area contributed by atoms with Gasteiger partial charge in [0.2, 0.25) is 5.91 Å². The number of rotatable bonds is 5. The van der Waals surface area contributed by atoms with Gasteiger partial charge in [0.05, 0.1) is 0 Å². The quantitative estimate of drug-likeness (QED) is 0.457. The average Bonchev–Trinajstić information content (AvgIpc) is 3.06.